The second-order valence-electron chi connectivity index (χ2n) is 2.73. The summed E-state index contributed by atoms with van der Waals surface area (Å²) >= 11 is 0. The lowest BCUT2D eigenvalue weighted by Gasteiger charge is -2.13. The quantitative estimate of drug-likeness (QED) is 0.559. The van der Waals surface area contributed by atoms with Crippen LogP contribution in [0.5, 0.6) is 0 Å². The maximum Gasteiger partial charge on any atom is 0.320 e. The fourth-order valence-electron chi connectivity index (χ4n) is 1.12. The maximum atomic E-state index is 5.20. The molecule has 0 atom stereocenters. The van der Waals surface area contributed by atoms with E-state index in [2.05, 4.69) is 0 Å². The van der Waals surface area contributed by atoms with Gasteiger partial charge < -0.3 is 17.7 Å². The Kier molecular flexibility index (Phi) is 9.04. The van der Waals surface area contributed by atoms with Crippen molar-refractivity contribution in [1.29, 1.82) is 0 Å². The molecule has 0 aromatic carbocycles. The predicted octanol–water partition coefficient (Wildman–Crippen LogP) is 0.403. The topological polar surface area (TPSA) is 36.9 Å². The Labute approximate surface area is 83.8 Å². The minimum Gasteiger partial charge on any atom is -0.400 e. The molecule has 0 aromatic heterocycles. The van der Waals surface area contributed by atoms with Crippen molar-refractivity contribution in [1.82, 2.24) is 0 Å². The Morgan fingerprint density at radius 1 is 0.692 bits per heavy atom. The van der Waals surface area contributed by atoms with Gasteiger partial charge in [-0.1, -0.05) is 0 Å². The summed E-state index contributed by atoms with van der Waals surface area (Å²) in [4.78, 5) is 0. The average molecular weight is 224 g/mol. The molecule has 0 saturated carbocycles. The smallest absolute Gasteiger partial charge is 0.320 e. The molecule has 80 valence electrons. The summed E-state index contributed by atoms with van der Waals surface area (Å²) < 4.78 is 20.8. The van der Waals surface area contributed by atoms with Crippen LogP contribution in [0.2, 0.25) is 12.1 Å². The van der Waals surface area contributed by atoms with Crippen molar-refractivity contribution in [3.8, 4) is 0 Å². The summed E-state index contributed by atoms with van der Waals surface area (Å²) in [5.74, 6) is 0. The van der Waals surface area contributed by atoms with Gasteiger partial charge in [0, 0.05) is 28.4 Å². The van der Waals surface area contributed by atoms with Crippen LogP contribution >= 0.6 is 0 Å². The van der Waals surface area contributed by atoms with Gasteiger partial charge >= 0.3 is 18.6 Å². The standard InChI is InChI=1S/C7H20O4Si2/c1-8-12(9-2)6-5-7-13(10-3)11-4/h12-13H,5-7H2,1-4H3. The summed E-state index contributed by atoms with van der Waals surface area (Å²) in [5.41, 5.74) is 0. The van der Waals surface area contributed by atoms with Crippen molar-refractivity contribution in [2.24, 2.45) is 0 Å². The third-order valence-electron chi connectivity index (χ3n) is 1.93. The van der Waals surface area contributed by atoms with E-state index in [9.17, 15) is 0 Å². The molecule has 13 heavy (non-hydrogen) atoms. The number of hydrogen-bond acceptors (Lipinski definition) is 4. The first-order valence-electron chi connectivity index (χ1n) is 4.39. The molecule has 6 heteroatoms. The molecule has 0 rings (SSSR count). The van der Waals surface area contributed by atoms with Crippen LogP contribution in [-0.4, -0.2) is 47.0 Å². The molecule has 0 radical (unpaired) electrons. The molecule has 0 N–H and O–H groups in total. The SMILES string of the molecule is CO[SiH](CCC[SiH](OC)OC)OC. The van der Waals surface area contributed by atoms with Crippen LogP contribution in [0.25, 0.3) is 0 Å². The van der Waals surface area contributed by atoms with Gasteiger partial charge in [0.05, 0.1) is 0 Å². The minimum atomic E-state index is -1.36. The summed E-state index contributed by atoms with van der Waals surface area (Å²) in [6.07, 6.45) is 1.08. The predicted molar refractivity (Wildman–Crippen MR) is 56.6 cm³/mol. The van der Waals surface area contributed by atoms with Gasteiger partial charge in [-0.3, -0.25) is 0 Å². The highest BCUT2D eigenvalue weighted by atomic mass is 28.3. The first-order chi connectivity index (χ1) is 6.28. The van der Waals surface area contributed by atoms with E-state index in [-0.39, 0.29) is 0 Å². The summed E-state index contributed by atoms with van der Waals surface area (Å²) in [6.45, 7) is 0. The molecule has 0 bridgehead atoms. The summed E-state index contributed by atoms with van der Waals surface area (Å²) in [6, 6.07) is 2.06. The van der Waals surface area contributed by atoms with Crippen molar-refractivity contribution < 1.29 is 17.7 Å². The van der Waals surface area contributed by atoms with Gasteiger partial charge in [-0.15, -0.1) is 0 Å². The molecule has 0 heterocycles. The lowest BCUT2D eigenvalue weighted by atomic mass is 10.6. The van der Waals surface area contributed by atoms with Crippen molar-refractivity contribution in [3.63, 3.8) is 0 Å². The van der Waals surface area contributed by atoms with Crippen LogP contribution in [-0.2, 0) is 17.7 Å². The van der Waals surface area contributed by atoms with E-state index in [4.69, 9.17) is 17.7 Å². The Hall–Kier alpha value is 0.274. The van der Waals surface area contributed by atoms with E-state index in [1.54, 1.807) is 28.4 Å². The van der Waals surface area contributed by atoms with Gasteiger partial charge in [-0.2, -0.15) is 0 Å². The maximum absolute atomic E-state index is 5.20. The second kappa shape index (κ2) is 8.85. The van der Waals surface area contributed by atoms with Crippen LogP contribution in [0.1, 0.15) is 6.42 Å². The van der Waals surface area contributed by atoms with E-state index < -0.39 is 18.6 Å². The largest absolute Gasteiger partial charge is 0.400 e. The normalized spacial score (nSPS) is 11.5. The monoisotopic (exact) mass is 224 g/mol. The summed E-state index contributed by atoms with van der Waals surface area (Å²) in [5, 5.41) is 0. The van der Waals surface area contributed by atoms with Gasteiger partial charge in [0.2, 0.25) is 0 Å². The van der Waals surface area contributed by atoms with Crippen LogP contribution in [0, 0.1) is 0 Å². The molecule has 0 spiro atoms. The Morgan fingerprint density at radius 3 is 1.23 bits per heavy atom. The number of hydrogen-bond donors (Lipinski definition) is 0. The zero-order chi connectivity index (χ0) is 10.1. The third-order valence-corrected chi connectivity index (χ3v) is 5.79. The van der Waals surface area contributed by atoms with Gasteiger partial charge in [-0.25, -0.2) is 0 Å². The highest BCUT2D eigenvalue weighted by Crippen LogP contribution is 2.07. The number of rotatable bonds is 8. The van der Waals surface area contributed by atoms with Crippen molar-refractivity contribution in [3.05, 3.63) is 0 Å². The minimum absolute atomic E-state index is 1.03. The van der Waals surface area contributed by atoms with Crippen molar-refractivity contribution in [2.45, 2.75) is 18.5 Å². The van der Waals surface area contributed by atoms with Crippen molar-refractivity contribution >= 4 is 18.6 Å². The van der Waals surface area contributed by atoms with Crippen LogP contribution in [0.4, 0.5) is 0 Å². The highest BCUT2D eigenvalue weighted by Gasteiger charge is 2.13. The molecule has 4 nitrogen and oxygen atoms in total. The summed E-state index contributed by atoms with van der Waals surface area (Å²) in [7, 11) is 4.12. The van der Waals surface area contributed by atoms with E-state index in [0.717, 1.165) is 18.5 Å². The first kappa shape index (κ1) is 13.3. The molecule has 0 saturated heterocycles. The van der Waals surface area contributed by atoms with Crippen LogP contribution < -0.4 is 0 Å². The molecular formula is C7H20O4Si2. The van der Waals surface area contributed by atoms with E-state index >= 15 is 0 Å². The van der Waals surface area contributed by atoms with Gasteiger partial charge in [0.25, 0.3) is 0 Å². The lowest BCUT2D eigenvalue weighted by molar-refractivity contribution is 0.270. The van der Waals surface area contributed by atoms with E-state index in [1.807, 2.05) is 0 Å². The zero-order valence-electron chi connectivity index (χ0n) is 8.91. The van der Waals surface area contributed by atoms with Gasteiger partial charge in [-0.05, 0) is 18.5 Å². The molecule has 0 aliphatic carbocycles. The van der Waals surface area contributed by atoms with E-state index in [1.165, 1.54) is 0 Å². The molecule has 0 fully saturated rings. The second-order valence-corrected chi connectivity index (χ2v) is 7.49. The molecule has 0 aliphatic heterocycles. The van der Waals surface area contributed by atoms with Crippen LogP contribution in [0.3, 0.4) is 0 Å². The first-order valence-corrected chi connectivity index (χ1v) is 7.91. The Balaban J connectivity index is 3.41. The van der Waals surface area contributed by atoms with Crippen LogP contribution in [0.15, 0.2) is 0 Å². The van der Waals surface area contributed by atoms with E-state index in [0.29, 0.717) is 0 Å². The third kappa shape index (κ3) is 6.36. The fraction of sp³-hybridized carbons (Fsp3) is 1.00. The fourth-order valence-corrected chi connectivity index (χ4v) is 4.05. The molecule has 0 aromatic rings. The Morgan fingerprint density at radius 2 is 1.00 bits per heavy atom. The average Bonchev–Trinajstić information content (AvgIpc) is 2.19. The highest BCUT2D eigenvalue weighted by molar-refractivity contribution is 6.46. The Bertz CT molecular complexity index is 94.7. The lowest BCUT2D eigenvalue weighted by Crippen LogP contribution is -2.22. The zero-order valence-corrected chi connectivity index (χ0v) is 11.2. The molecule has 0 aliphatic rings. The van der Waals surface area contributed by atoms with Gasteiger partial charge in [0.1, 0.15) is 0 Å². The molecule has 0 unspecified atom stereocenters. The van der Waals surface area contributed by atoms with Gasteiger partial charge in [0.15, 0.2) is 0 Å². The van der Waals surface area contributed by atoms with Crippen molar-refractivity contribution in [2.75, 3.05) is 28.4 Å². The molecular weight excluding hydrogens is 204 g/mol. The molecule has 0 amide bonds.